The fourth-order valence-electron chi connectivity index (χ4n) is 2.59. The van der Waals surface area contributed by atoms with Gasteiger partial charge in [-0.15, -0.1) is 0 Å². The minimum absolute atomic E-state index is 0. The quantitative estimate of drug-likeness (QED) is 0.291. The van der Waals surface area contributed by atoms with Crippen molar-refractivity contribution in [3.63, 3.8) is 0 Å². The van der Waals surface area contributed by atoms with Crippen molar-refractivity contribution in [1.29, 1.82) is 0 Å². The Balaban J connectivity index is -0.000000551. The van der Waals surface area contributed by atoms with Crippen molar-refractivity contribution in [1.82, 2.24) is 0 Å². The van der Waals surface area contributed by atoms with Gasteiger partial charge in [-0.05, 0) is 12.0 Å². The van der Waals surface area contributed by atoms with Crippen molar-refractivity contribution in [2.75, 3.05) is 0 Å². The monoisotopic (exact) mass is 356 g/mol. The van der Waals surface area contributed by atoms with Crippen LogP contribution in [-0.4, -0.2) is 22.2 Å². The molecular weight excluding hydrogens is 330 g/mol. The predicted molar refractivity (Wildman–Crippen MR) is 83.6 cm³/mol. The molecule has 0 aliphatic carbocycles. The summed E-state index contributed by atoms with van der Waals surface area (Å²) in [7, 11) is 0. The summed E-state index contributed by atoms with van der Waals surface area (Å²) >= 11 is 0. The van der Waals surface area contributed by atoms with Crippen LogP contribution in [0.15, 0.2) is 30.3 Å². The molecule has 0 fully saturated rings. The van der Waals surface area contributed by atoms with Gasteiger partial charge in [-0.3, -0.25) is 9.59 Å². The van der Waals surface area contributed by atoms with Crippen molar-refractivity contribution < 1.29 is 104 Å². The molecule has 1 aromatic carbocycles. The Kier molecular flexibility index (Phi) is 15.9. The van der Waals surface area contributed by atoms with Gasteiger partial charge in [0.15, 0.2) is 5.41 Å². The normalized spacial score (nSPS) is 10.3. The summed E-state index contributed by atoms with van der Waals surface area (Å²) in [6.45, 7) is 2.13. The molecule has 120 valence electrons. The van der Waals surface area contributed by atoms with Gasteiger partial charge in [0.2, 0.25) is 0 Å². The number of hydrogen-bond donors (Lipinski definition) is 2. The summed E-state index contributed by atoms with van der Waals surface area (Å²) in [5.74, 6) is -2.57. The second-order valence-corrected chi connectivity index (χ2v) is 5.40. The molecule has 1 rings (SSSR count). The molecule has 0 atom stereocenters. The topological polar surface area (TPSA) is 74.6 Å². The van der Waals surface area contributed by atoms with Crippen LogP contribution in [0.1, 0.15) is 60.3 Å². The number of unbranched alkanes of at least 4 members (excludes halogenated alkanes) is 5. The van der Waals surface area contributed by atoms with E-state index < -0.39 is 17.4 Å². The average Bonchev–Trinajstić information content (AvgIpc) is 2.47. The zero-order valence-corrected chi connectivity index (χ0v) is 19.7. The number of carboxylic acids is 2. The zero-order valence-electron chi connectivity index (χ0n) is 16.5. The summed E-state index contributed by atoms with van der Waals surface area (Å²) in [6, 6.07) is 8.27. The van der Waals surface area contributed by atoms with Gasteiger partial charge in [0.05, 0.1) is 0 Å². The second kappa shape index (κ2) is 14.0. The van der Waals surface area contributed by atoms with Crippen molar-refractivity contribution in [3.05, 3.63) is 35.9 Å². The van der Waals surface area contributed by atoms with Crippen LogP contribution in [0.2, 0.25) is 0 Å². The minimum atomic E-state index is -1.83. The van der Waals surface area contributed by atoms with Crippen LogP contribution in [0.25, 0.3) is 0 Å². The third-order valence-electron chi connectivity index (χ3n) is 3.90. The third kappa shape index (κ3) is 7.69. The average molecular weight is 356 g/mol. The molecule has 0 aliphatic rings. The Bertz CT molecular complexity index is 461. The third-order valence-corrected chi connectivity index (χ3v) is 3.90. The van der Waals surface area contributed by atoms with Crippen LogP contribution >= 0.6 is 0 Å². The van der Waals surface area contributed by atoms with E-state index in [1.165, 1.54) is 6.42 Å². The second-order valence-electron chi connectivity index (χ2n) is 5.40. The number of carbonyl (C=O) groups is 2. The van der Waals surface area contributed by atoms with Crippen molar-refractivity contribution in [3.8, 4) is 0 Å². The number of hydrogen-bond acceptors (Lipinski definition) is 2. The summed E-state index contributed by atoms with van der Waals surface area (Å²) in [5.41, 5.74) is -1.48. The molecule has 0 aliphatic heterocycles. The molecule has 0 spiro atoms. The van der Waals surface area contributed by atoms with Crippen LogP contribution < -0.4 is 80.9 Å². The number of carboxylic acid groups (broad SMARTS) is 2. The number of aliphatic carboxylic acids is 2. The van der Waals surface area contributed by atoms with Gasteiger partial charge in [0.25, 0.3) is 0 Å². The van der Waals surface area contributed by atoms with Gasteiger partial charge < -0.3 is 13.1 Å². The van der Waals surface area contributed by atoms with Crippen LogP contribution in [0.4, 0.5) is 0 Å². The van der Waals surface area contributed by atoms with Crippen molar-refractivity contribution >= 4 is 11.9 Å². The van der Waals surface area contributed by atoms with Crippen LogP contribution in [-0.2, 0) is 15.0 Å². The first-order chi connectivity index (χ1) is 10.1. The van der Waals surface area contributed by atoms with Gasteiger partial charge in [-0.2, -0.15) is 0 Å². The maximum atomic E-state index is 11.6. The summed E-state index contributed by atoms with van der Waals surface area (Å²) in [5, 5.41) is 19.0. The molecule has 0 amide bonds. The predicted octanol–water partition coefficient (Wildman–Crippen LogP) is -1.92. The SMILES string of the molecule is CCCCCCCCC(C(=O)O)(C(=O)O)c1ccccc1.[H-].[H-].[K+].[Na+]. The maximum Gasteiger partial charge on any atom is 1.00 e. The van der Waals surface area contributed by atoms with E-state index in [-0.39, 0.29) is 90.2 Å². The molecule has 0 bridgehead atoms. The molecule has 23 heavy (non-hydrogen) atoms. The van der Waals surface area contributed by atoms with E-state index in [1.807, 2.05) is 0 Å². The first kappa shape index (κ1) is 26.0. The first-order valence-corrected chi connectivity index (χ1v) is 7.58. The number of benzene rings is 1. The van der Waals surface area contributed by atoms with Gasteiger partial charge in [-0.25, -0.2) is 0 Å². The van der Waals surface area contributed by atoms with E-state index in [0.717, 1.165) is 25.7 Å². The van der Waals surface area contributed by atoms with Crippen LogP contribution in [0.5, 0.6) is 0 Å². The molecule has 0 radical (unpaired) electrons. The minimum Gasteiger partial charge on any atom is -1.00 e. The van der Waals surface area contributed by atoms with Gasteiger partial charge in [0, 0.05) is 0 Å². The molecule has 0 aromatic heterocycles. The Labute approximate surface area is 206 Å². The van der Waals surface area contributed by atoms with Gasteiger partial charge in [0.1, 0.15) is 0 Å². The molecular formula is C17H26KNaO4. The van der Waals surface area contributed by atoms with E-state index in [2.05, 4.69) is 6.92 Å². The molecule has 0 unspecified atom stereocenters. The molecule has 2 N–H and O–H groups in total. The summed E-state index contributed by atoms with van der Waals surface area (Å²) < 4.78 is 0. The number of rotatable bonds is 10. The smallest absolute Gasteiger partial charge is 1.00 e. The van der Waals surface area contributed by atoms with Crippen LogP contribution in [0.3, 0.4) is 0 Å². The fourth-order valence-corrected chi connectivity index (χ4v) is 2.59. The standard InChI is InChI=1S/C17H24O4.K.Na.2H/c1-2-3-4-5-6-10-13-17(15(18)19,16(20)21)14-11-8-7-9-12-14;;;;/h7-9,11-12H,2-6,10,13H2,1H3,(H,18,19)(H,20,21);;;;/q;2*+1;2*-1. The van der Waals surface area contributed by atoms with E-state index in [1.54, 1.807) is 30.3 Å². The zero-order chi connectivity index (χ0) is 15.7. The maximum absolute atomic E-state index is 11.6. The Morgan fingerprint density at radius 1 is 0.957 bits per heavy atom. The van der Waals surface area contributed by atoms with Gasteiger partial charge in [-0.1, -0.05) is 75.8 Å². The van der Waals surface area contributed by atoms with Crippen molar-refractivity contribution in [2.24, 2.45) is 0 Å². The molecule has 6 heteroatoms. The van der Waals surface area contributed by atoms with E-state index in [9.17, 15) is 19.8 Å². The summed E-state index contributed by atoms with van der Waals surface area (Å²) in [4.78, 5) is 23.3. The fraction of sp³-hybridized carbons (Fsp3) is 0.529. The Morgan fingerprint density at radius 3 is 1.91 bits per heavy atom. The largest absolute Gasteiger partial charge is 1.00 e. The van der Waals surface area contributed by atoms with Crippen molar-refractivity contribution in [2.45, 2.75) is 57.3 Å². The van der Waals surface area contributed by atoms with Gasteiger partial charge >= 0.3 is 92.9 Å². The molecule has 0 heterocycles. The Hall–Kier alpha value is 0.796. The first-order valence-electron chi connectivity index (χ1n) is 7.58. The molecule has 1 aromatic rings. The van der Waals surface area contributed by atoms with E-state index >= 15 is 0 Å². The molecule has 0 saturated carbocycles. The molecule has 4 nitrogen and oxygen atoms in total. The molecule has 0 saturated heterocycles. The summed E-state index contributed by atoms with van der Waals surface area (Å²) in [6.07, 6.45) is 6.08. The van der Waals surface area contributed by atoms with E-state index in [0.29, 0.717) is 12.0 Å². The Morgan fingerprint density at radius 2 is 1.43 bits per heavy atom. The van der Waals surface area contributed by atoms with E-state index in [4.69, 9.17) is 0 Å². The van der Waals surface area contributed by atoms with Crippen LogP contribution in [0, 0.1) is 0 Å².